The largest absolute Gasteiger partial charge is 0.296 e. The third-order valence-electron chi connectivity index (χ3n) is 2.33. The van der Waals surface area contributed by atoms with E-state index in [1.165, 1.54) is 0 Å². The Balaban J connectivity index is 2.90. The summed E-state index contributed by atoms with van der Waals surface area (Å²) in [5.74, 6) is 0. The van der Waals surface area contributed by atoms with Gasteiger partial charge in [-0.3, -0.25) is 4.18 Å². The van der Waals surface area contributed by atoms with Crippen LogP contribution in [0, 0.1) is 13.8 Å². The van der Waals surface area contributed by atoms with Crippen LogP contribution in [0.2, 0.25) is 0 Å². The van der Waals surface area contributed by atoms with Crippen LogP contribution in [0.15, 0.2) is 35.7 Å². The molecule has 0 spiro atoms. The van der Waals surface area contributed by atoms with Crippen molar-refractivity contribution in [2.45, 2.75) is 25.2 Å². The zero-order valence-electron chi connectivity index (χ0n) is 9.56. The Morgan fingerprint density at radius 2 is 2.00 bits per heavy atom. The minimum Gasteiger partial charge on any atom is -0.266 e. The first-order valence-electron chi connectivity index (χ1n) is 5.05. The molecule has 0 aliphatic carbocycles. The Kier molecular flexibility index (Phi) is 4.26. The van der Waals surface area contributed by atoms with Crippen molar-refractivity contribution in [3.05, 3.63) is 42.0 Å². The summed E-state index contributed by atoms with van der Waals surface area (Å²) in [6.07, 6.45) is 2.14. The number of rotatable bonds is 5. The molecule has 1 aromatic carbocycles. The van der Waals surface area contributed by atoms with Crippen LogP contribution < -0.4 is 0 Å². The maximum Gasteiger partial charge on any atom is 0.296 e. The lowest BCUT2D eigenvalue weighted by Gasteiger charge is -2.06. The van der Waals surface area contributed by atoms with Crippen molar-refractivity contribution < 1.29 is 12.6 Å². The first-order chi connectivity index (χ1) is 7.47. The lowest BCUT2D eigenvalue weighted by molar-refractivity contribution is 0.325. The van der Waals surface area contributed by atoms with Gasteiger partial charge in [-0.1, -0.05) is 12.1 Å². The fraction of sp³-hybridized carbons (Fsp3) is 0.333. The molecule has 0 bridgehead atoms. The average Bonchev–Trinajstić information content (AvgIpc) is 2.22. The fourth-order valence-corrected chi connectivity index (χ4v) is 2.19. The van der Waals surface area contributed by atoms with Gasteiger partial charge in [-0.25, -0.2) is 0 Å². The van der Waals surface area contributed by atoms with Crippen molar-refractivity contribution in [1.29, 1.82) is 0 Å². The zero-order valence-corrected chi connectivity index (χ0v) is 10.4. The molecule has 4 heteroatoms. The quantitative estimate of drug-likeness (QED) is 0.451. The summed E-state index contributed by atoms with van der Waals surface area (Å²) >= 11 is 0. The van der Waals surface area contributed by atoms with E-state index in [1.807, 2.05) is 13.8 Å². The molecule has 0 radical (unpaired) electrons. The van der Waals surface area contributed by atoms with Gasteiger partial charge in [0, 0.05) is 0 Å². The third-order valence-corrected chi connectivity index (χ3v) is 3.64. The van der Waals surface area contributed by atoms with E-state index in [4.69, 9.17) is 4.18 Å². The molecule has 0 N–H and O–H groups in total. The first kappa shape index (κ1) is 12.9. The van der Waals surface area contributed by atoms with Crippen LogP contribution in [0.3, 0.4) is 0 Å². The van der Waals surface area contributed by atoms with Gasteiger partial charge in [0.25, 0.3) is 10.1 Å². The van der Waals surface area contributed by atoms with Crippen LogP contribution >= 0.6 is 0 Å². The normalized spacial score (nSPS) is 11.4. The van der Waals surface area contributed by atoms with E-state index in [0.717, 1.165) is 11.1 Å². The highest BCUT2D eigenvalue weighted by molar-refractivity contribution is 7.86. The summed E-state index contributed by atoms with van der Waals surface area (Å²) in [6.45, 7) is 7.45. The summed E-state index contributed by atoms with van der Waals surface area (Å²) in [7, 11) is -3.62. The molecule has 0 saturated carbocycles. The molecular formula is C12H16O3S. The number of hydrogen-bond acceptors (Lipinski definition) is 3. The molecule has 0 atom stereocenters. The van der Waals surface area contributed by atoms with E-state index in [-0.39, 0.29) is 11.5 Å². The van der Waals surface area contributed by atoms with Crippen LogP contribution in [0.1, 0.15) is 17.5 Å². The topological polar surface area (TPSA) is 43.4 Å². The van der Waals surface area contributed by atoms with Crippen molar-refractivity contribution in [2.75, 3.05) is 6.61 Å². The Bertz CT molecular complexity index is 475. The van der Waals surface area contributed by atoms with Gasteiger partial charge >= 0.3 is 0 Å². The van der Waals surface area contributed by atoms with Crippen molar-refractivity contribution in [3.63, 3.8) is 0 Å². The zero-order chi connectivity index (χ0) is 12.2. The predicted octanol–water partition coefficient (Wildman–Crippen LogP) is 2.58. The summed E-state index contributed by atoms with van der Waals surface area (Å²) in [5.41, 5.74) is 2.00. The monoisotopic (exact) mass is 240 g/mol. The van der Waals surface area contributed by atoms with Gasteiger partial charge in [-0.2, -0.15) is 8.42 Å². The van der Waals surface area contributed by atoms with E-state index in [0.29, 0.717) is 6.42 Å². The molecule has 1 aromatic rings. The molecule has 0 saturated heterocycles. The summed E-state index contributed by atoms with van der Waals surface area (Å²) in [5, 5.41) is 0. The number of aryl methyl sites for hydroxylation is 2. The van der Waals surface area contributed by atoms with Gasteiger partial charge in [0.1, 0.15) is 0 Å². The lowest BCUT2D eigenvalue weighted by Crippen LogP contribution is -2.07. The average molecular weight is 240 g/mol. The van der Waals surface area contributed by atoms with E-state index in [2.05, 4.69) is 6.58 Å². The Morgan fingerprint density at radius 1 is 1.31 bits per heavy atom. The van der Waals surface area contributed by atoms with Crippen LogP contribution in [0.5, 0.6) is 0 Å². The molecule has 0 aliphatic heterocycles. The van der Waals surface area contributed by atoms with Crippen molar-refractivity contribution >= 4 is 10.1 Å². The molecule has 0 aromatic heterocycles. The standard InChI is InChI=1S/C12H16O3S/c1-4-5-8-15-16(13,14)12-7-6-10(2)11(3)9-12/h4,6-7,9H,1,5,8H2,2-3H3. The van der Waals surface area contributed by atoms with Crippen LogP contribution in [-0.4, -0.2) is 15.0 Å². The lowest BCUT2D eigenvalue weighted by atomic mass is 10.1. The predicted molar refractivity (Wildman–Crippen MR) is 63.9 cm³/mol. The highest BCUT2D eigenvalue weighted by atomic mass is 32.2. The molecule has 0 fully saturated rings. The second-order valence-electron chi connectivity index (χ2n) is 3.60. The number of hydrogen-bond donors (Lipinski definition) is 0. The van der Waals surface area contributed by atoms with E-state index < -0.39 is 10.1 Å². The summed E-state index contributed by atoms with van der Waals surface area (Å²) < 4.78 is 28.3. The van der Waals surface area contributed by atoms with Crippen molar-refractivity contribution in [3.8, 4) is 0 Å². The van der Waals surface area contributed by atoms with Gasteiger partial charge in [-0.15, -0.1) is 6.58 Å². The highest BCUT2D eigenvalue weighted by Crippen LogP contribution is 2.16. The maximum atomic E-state index is 11.7. The molecule has 88 valence electrons. The van der Waals surface area contributed by atoms with Crippen LogP contribution in [0.25, 0.3) is 0 Å². The molecule has 0 aliphatic rings. The molecule has 1 rings (SSSR count). The van der Waals surface area contributed by atoms with Gasteiger partial charge in [0.05, 0.1) is 11.5 Å². The van der Waals surface area contributed by atoms with E-state index in [1.54, 1.807) is 24.3 Å². The Labute approximate surface area is 96.9 Å². The second kappa shape index (κ2) is 5.27. The molecule has 0 amide bonds. The molecule has 0 heterocycles. The van der Waals surface area contributed by atoms with Gasteiger partial charge in [0.2, 0.25) is 0 Å². The van der Waals surface area contributed by atoms with Crippen molar-refractivity contribution in [1.82, 2.24) is 0 Å². The fourth-order valence-electron chi connectivity index (χ4n) is 1.18. The Hall–Kier alpha value is -1.13. The van der Waals surface area contributed by atoms with Crippen LogP contribution in [-0.2, 0) is 14.3 Å². The summed E-state index contributed by atoms with van der Waals surface area (Å²) in [4.78, 5) is 0.208. The minimum absolute atomic E-state index is 0.138. The third kappa shape index (κ3) is 3.18. The van der Waals surface area contributed by atoms with Gasteiger partial charge in [-0.05, 0) is 43.5 Å². The minimum atomic E-state index is -3.62. The van der Waals surface area contributed by atoms with Crippen LogP contribution in [0.4, 0.5) is 0 Å². The molecular weight excluding hydrogens is 224 g/mol. The first-order valence-corrected chi connectivity index (χ1v) is 6.46. The molecule has 3 nitrogen and oxygen atoms in total. The van der Waals surface area contributed by atoms with E-state index >= 15 is 0 Å². The maximum absolute atomic E-state index is 11.7. The highest BCUT2D eigenvalue weighted by Gasteiger charge is 2.14. The second-order valence-corrected chi connectivity index (χ2v) is 5.21. The SMILES string of the molecule is C=CCCOS(=O)(=O)c1ccc(C)c(C)c1. The Morgan fingerprint density at radius 3 is 2.56 bits per heavy atom. The van der Waals surface area contributed by atoms with Crippen molar-refractivity contribution in [2.24, 2.45) is 0 Å². The molecule has 16 heavy (non-hydrogen) atoms. The van der Waals surface area contributed by atoms with E-state index in [9.17, 15) is 8.42 Å². The number of benzene rings is 1. The van der Waals surface area contributed by atoms with Gasteiger partial charge < -0.3 is 0 Å². The van der Waals surface area contributed by atoms with Gasteiger partial charge in [0.15, 0.2) is 0 Å². The summed E-state index contributed by atoms with van der Waals surface area (Å²) in [6, 6.07) is 4.96. The molecule has 0 unspecified atom stereocenters. The smallest absolute Gasteiger partial charge is 0.266 e.